The molecule has 0 saturated carbocycles. The van der Waals surface area contributed by atoms with Crippen molar-refractivity contribution < 1.29 is 4.79 Å². The molecule has 3 heteroatoms. The summed E-state index contributed by atoms with van der Waals surface area (Å²) in [5.74, 6) is 0.218. The quantitative estimate of drug-likeness (QED) is 0.906. The zero-order valence-electron chi connectivity index (χ0n) is 12.0. The van der Waals surface area contributed by atoms with E-state index in [0.29, 0.717) is 6.54 Å². The second-order valence-electron chi connectivity index (χ2n) is 5.40. The van der Waals surface area contributed by atoms with E-state index in [-0.39, 0.29) is 11.9 Å². The highest BCUT2D eigenvalue weighted by molar-refractivity contribution is 5.78. The summed E-state index contributed by atoms with van der Waals surface area (Å²) in [5.41, 5.74) is 2.55. The first-order valence-corrected chi connectivity index (χ1v) is 7.23. The second kappa shape index (κ2) is 6.71. The highest BCUT2D eigenvalue weighted by atomic mass is 16.2. The van der Waals surface area contributed by atoms with Gasteiger partial charge < -0.3 is 10.2 Å². The van der Waals surface area contributed by atoms with Crippen LogP contribution in [0.4, 0.5) is 0 Å². The van der Waals surface area contributed by atoms with Crippen molar-refractivity contribution in [1.82, 2.24) is 10.2 Å². The first kappa shape index (κ1) is 14.1. The molecule has 3 nitrogen and oxygen atoms in total. The van der Waals surface area contributed by atoms with Crippen LogP contribution in [0.5, 0.6) is 0 Å². The number of likely N-dealkylation sites (tertiary alicyclic amines) is 1. The van der Waals surface area contributed by atoms with Gasteiger partial charge in [0.05, 0.1) is 12.6 Å². The van der Waals surface area contributed by atoms with Crippen molar-refractivity contribution in [3.8, 4) is 0 Å². The zero-order valence-corrected chi connectivity index (χ0v) is 12.0. The van der Waals surface area contributed by atoms with E-state index in [1.54, 1.807) is 0 Å². The highest BCUT2D eigenvalue weighted by Crippen LogP contribution is 2.30. The van der Waals surface area contributed by atoms with Gasteiger partial charge in [0.25, 0.3) is 0 Å². The van der Waals surface area contributed by atoms with Gasteiger partial charge in [-0.15, -0.1) is 0 Å². The summed E-state index contributed by atoms with van der Waals surface area (Å²) in [4.78, 5) is 14.4. The Morgan fingerprint density at radius 2 is 2.21 bits per heavy atom. The highest BCUT2D eigenvalue weighted by Gasteiger charge is 2.26. The Hall–Kier alpha value is -1.35. The number of aryl methyl sites for hydroxylation is 1. The van der Waals surface area contributed by atoms with Crippen molar-refractivity contribution in [3.05, 3.63) is 35.4 Å². The molecule has 1 amide bonds. The molecule has 1 aromatic carbocycles. The number of nitrogens with zero attached hydrogens (tertiary/aromatic N) is 1. The molecule has 1 aliphatic heterocycles. The molecule has 2 rings (SSSR count). The molecular formula is C16H24N2O. The third-order valence-corrected chi connectivity index (χ3v) is 3.83. The average Bonchev–Trinajstić information content (AvgIpc) is 2.64. The van der Waals surface area contributed by atoms with Gasteiger partial charge in [-0.25, -0.2) is 0 Å². The predicted molar refractivity (Wildman–Crippen MR) is 78.0 cm³/mol. The van der Waals surface area contributed by atoms with E-state index in [1.165, 1.54) is 24.0 Å². The third-order valence-electron chi connectivity index (χ3n) is 3.83. The van der Waals surface area contributed by atoms with E-state index in [4.69, 9.17) is 0 Å². The largest absolute Gasteiger partial charge is 0.335 e. The maximum Gasteiger partial charge on any atom is 0.237 e. The fourth-order valence-electron chi connectivity index (χ4n) is 2.88. The van der Waals surface area contributed by atoms with Crippen LogP contribution in [0.3, 0.4) is 0 Å². The summed E-state index contributed by atoms with van der Waals surface area (Å²) in [6.07, 6.45) is 4.64. The van der Waals surface area contributed by atoms with Gasteiger partial charge in [-0.2, -0.15) is 0 Å². The summed E-state index contributed by atoms with van der Waals surface area (Å²) < 4.78 is 0. The first-order valence-electron chi connectivity index (χ1n) is 7.23. The Balaban J connectivity index is 2.24. The fraction of sp³-hybridized carbons (Fsp3) is 0.562. The zero-order chi connectivity index (χ0) is 13.7. The number of hydrogen-bond donors (Lipinski definition) is 1. The van der Waals surface area contributed by atoms with E-state index < -0.39 is 0 Å². The lowest BCUT2D eigenvalue weighted by Crippen LogP contribution is -2.39. The maximum absolute atomic E-state index is 12.3. The summed E-state index contributed by atoms with van der Waals surface area (Å²) in [6.45, 7) is 3.43. The Morgan fingerprint density at radius 1 is 1.37 bits per heavy atom. The van der Waals surface area contributed by atoms with E-state index >= 15 is 0 Å². The lowest BCUT2D eigenvalue weighted by atomic mass is 9.99. The molecule has 0 aromatic heterocycles. The van der Waals surface area contributed by atoms with Crippen molar-refractivity contribution in [1.29, 1.82) is 0 Å². The van der Waals surface area contributed by atoms with Gasteiger partial charge in [-0.3, -0.25) is 4.79 Å². The summed E-state index contributed by atoms with van der Waals surface area (Å²) in [6, 6.07) is 8.83. The summed E-state index contributed by atoms with van der Waals surface area (Å²) >= 11 is 0. The molecule has 0 spiro atoms. The molecule has 1 aromatic rings. The van der Waals surface area contributed by atoms with Crippen molar-refractivity contribution in [2.24, 2.45) is 0 Å². The van der Waals surface area contributed by atoms with E-state index in [9.17, 15) is 4.79 Å². The molecule has 1 saturated heterocycles. The molecule has 0 aliphatic carbocycles. The molecule has 1 unspecified atom stereocenters. The predicted octanol–water partition coefficient (Wildman–Crippen LogP) is 2.66. The van der Waals surface area contributed by atoms with Crippen LogP contribution in [0.15, 0.2) is 24.3 Å². The van der Waals surface area contributed by atoms with Crippen molar-refractivity contribution in [2.45, 2.75) is 38.6 Å². The molecule has 1 N–H and O–H groups in total. The van der Waals surface area contributed by atoms with Gasteiger partial charge in [0, 0.05) is 6.54 Å². The van der Waals surface area contributed by atoms with E-state index in [0.717, 1.165) is 19.4 Å². The molecule has 1 atom stereocenters. The van der Waals surface area contributed by atoms with Crippen LogP contribution < -0.4 is 5.32 Å². The van der Waals surface area contributed by atoms with E-state index in [1.807, 2.05) is 7.05 Å². The summed E-state index contributed by atoms with van der Waals surface area (Å²) in [5, 5.41) is 2.98. The Morgan fingerprint density at radius 3 is 2.95 bits per heavy atom. The minimum atomic E-state index is 0.218. The second-order valence-corrected chi connectivity index (χ2v) is 5.40. The normalized spacial score (nSPS) is 20.1. The number of hydrogen-bond acceptors (Lipinski definition) is 2. The monoisotopic (exact) mass is 260 g/mol. The van der Waals surface area contributed by atoms with Gasteiger partial charge >= 0.3 is 0 Å². The van der Waals surface area contributed by atoms with Crippen LogP contribution in [-0.2, 0) is 4.79 Å². The lowest BCUT2D eigenvalue weighted by Gasteiger charge is -2.30. The molecule has 1 aliphatic rings. The smallest absolute Gasteiger partial charge is 0.237 e. The third kappa shape index (κ3) is 3.57. The topological polar surface area (TPSA) is 32.3 Å². The van der Waals surface area contributed by atoms with Gasteiger partial charge in [0.15, 0.2) is 0 Å². The number of rotatable bonds is 3. The average molecular weight is 260 g/mol. The molecule has 0 radical (unpaired) electrons. The van der Waals surface area contributed by atoms with Crippen LogP contribution >= 0.6 is 0 Å². The van der Waals surface area contributed by atoms with Crippen LogP contribution in [0.25, 0.3) is 0 Å². The molecular weight excluding hydrogens is 236 g/mol. The maximum atomic E-state index is 12.3. The van der Waals surface area contributed by atoms with Crippen molar-refractivity contribution in [3.63, 3.8) is 0 Å². The standard InChI is InChI=1S/C16H24N2O/c1-13-7-6-8-14(11-13)15-9-4-3-5-10-18(15)16(19)12-17-2/h6-8,11,15,17H,3-5,9-10,12H2,1-2H3. The number of benzene rings is 1. The van der Waals surface area contributed by atoms with Crippen LogP contribution in [-0.4, -0.2) is 30.9 Å². The van der Waals surface area contributed by atoms with Gasteiger partial charge in [0.2, 0.25) is 5.91 Å². The van der Waals surface area contributed by atoms with Crippen LogP contribution in [0.2, 0.25) is 0 Å². The molecule has 0 bridgehead atoms. The van der Waals surface area contributed by atoms with Crippen LogP contribution in [0, 0.1) is 6.92 Å². The first-order chi connectivity index (χ1) is 9.22. The van der Waals surface area contributed by atoms with Crippen LogP contribution in [0.1, 0.15) is 42.9 Å². The van der Waals surface area contributed by atoms with Gasteiger partial charge in [-0.05, 0) is 32.4 Å². The molecule has 104 valence electrons. The van der Waals surface area contributed by atoms with Crippen molar-refractivity contribution >= 4 is 5.91 Å². The van der Waals surface area contributed by atoms with Gasteiger partial charge in [-0.1, -0.05) is 42.7 Å². The number of likely N-dealkylation sites (N-methyl/N-ethyl adjacent to an activating group) is 1. The number of carbonyl (C=O) groups excluding carboxylic acids is 1. The lowest BCUT2D eigenvalue weighted by molar-refractivity contribution is -0.132. The minimum Gasteiger partial charge on any atom is -0.335 e. The molecule has 1 fully saturated rings. The number of nitrogens with one attached hydrogen (secondary N) is 1. The summed E-state index contributed by atoms with van der Waals surface area (Å²) in [7, 11) is 1.83. The fourth-order valence-corrected chi connectivity index (χ4v) is 2.88. The number of amides is 1. The van der Waals surface area contributed by atoms with Gasteiger partial charge in [0.1, 0.15) is 0 Å². The molecule has 19 heavy (non-hydrogen) atoms. The SMILES string of the molecule is CNCC(=O)N1CCCCCC1c1cccc(C)c1. The molecule has 1 heterocycles. The Kier molecular flexibility index (Phi) is 4.97. The number of carbonyl (C=O) groups is 1. The Bertz CT molecular complexity index is 431. The minimum absolute atomic E-state index is 0.218. The van der Waals surface area contributed by atoms with Crippen molar-refractivity contribution in [2.75, 3.05) is 20.1 Å². The Labute approximate surface area is 116 Å². The van der Waals surface area contributed by atoms with E-state index in [2.05, 4.69) is 41.4 Å².